The molecule has 0 spiro atoms. The van der Waals surface area contributed by atoms with Gasteiger partial charge in [-0.15, -0.1) is 0 Å². The van der Waals surface area contributed by atoms with Gasteiger partial charge in [-0.05, 0) is 98.1 Å². The summed E-state index contributed by atoms with van der Waals surface area (Å²) in [7, 11) is 0. The van der Waals surface area contributed by atoms with Crippen molar-refractivity contribution in [2.24, 2.45) is 0 Å². The van der Waals surface area contributed by atoms with E-state index in [0.29, 0.717) is 81.1 Å². The van der Waals surface area contributed by atoms with E-state index in [-0.39, 0.29) is 105 Å². The molecule has 8 bridgehead atoms. The van der Waals surface area contributed by atoms with Crippen LogP contribution in [0.25, 0.3) is 133 Å². The monoisotopic (exact) mass is 1850 g/mol. The number of fused-ring (bicyclic) bond motifs is 24. The van der Waals surface area contributed by atoms with Crippen LogP contribution in [0.4, 0.5) is 0 Å². The van der Waals surface area contributed by atoms with Crippen molar-refractivity contribution in [1.82, 2.24) is 39.9 Å². The summed E-state index contributed by atoms with van der Waals surface area (Å²) in [6.07, 6.45) is 66.0. The summed E-state index contributed by atoms with van der Waals surface area (Å²) in [5.74, 6) is -1.47. The van der Waals surface area contributed by atoms with E-state index in [1.807, 2.05) is 72.8 Å². The van der Waals surface area contributed by atoms with E-state index in [1.165, 1.54) is 257 Å². The molecule has 0 unspecified atom stereocenters. The Labute approximate surface area is 808 Å². The summed E-state index contributed by atoms with van der Waals surface area (Å²) in [5.41, 5.74) is 3.45. The van der Waals surface area contributed by atoms with Crippen LogP contribution in [0.5, 0.6) is 0 Å². The molecule has 3 aliphatic heterocycles. The van der Waals surface area contributed by atoms with Crippen molar-refractivity contribution >= 4 is 89.0 Å². The van der Waals surface area contributed by atoms with Gasteiger partial charge < -0.3 is 33.9 Å². The van der Waals surface area contributed by atoms with Gasteiger partial charge in [-0.3, -0.25) is 19.7 Å². The van der Waals surface area contributed by atoms with Gasteiger partial charge >= 0.3 is 44.9 Å². The van der Waals surface area contributed by atoms with Crippen LogP contribution in [-0.2, 0) is 40.0 Å². The Morgan fingerprint density at radius 1 is 0.269 bits per heavy atom. The molecule has 0 saturated carbocycles. The van der Waals surface area contributed by atoms with Crippen molar-refractivity contribution in [2.75, 3.05) is 26.4 Å². The van der Waals surface area contributed by atoms with Crippen LogP contribution in [-0.4, -0.2) is 85.2 Å². The molecule has 0 N–H and O–H groups in total. The van der Waals surface area contributed by atoms with Crippen LogP contribution >= 0.6 is 0 Å². The van der Waals surface area contributed by atoms with Crippen molar-refractivity contribution in [1.29, 1.82) is 0 Å². The van der Waals surface area contributed by atoms with Crippen LogP contribution in [0.3, 0.4) is 0 Å². The third-order valence-corrected chi connectivity index (χ3v) is 27.5. The predicted octanol–water partition coefficient (Wildman–Crippen LogP) is 33.2. The summed E-state index contributed by atoms with van der Waals surface area (Å²) in [5, 5.41) is 5.80. The minimum absolute atomic E-state index is 0.0163. The third kappa shape index (κ3) is 29.7. The zero-order chi connectivity index (χ0) is 93.5. The first-order valence-corrected chi connectivity index (χ1v) is 53.6. The molecule has 10 aromatic rings. The molecule has 18 heteroatoms. The van der Waals surface area contributed by atoms with Crippen molar-refractivity contribution in [3.63, 3.8) is 0 Å². The second-order valence-electron chi connectivity index (χ2n) is 38.0. The molecule has 8 aromatic carbocycles. The van der Waals surface area contributed by atoms with Gasteiger partial charge in [-0.1, -0.05) is 475 Å². The molecular weight excluding hydrogens is 1700 g/mol. The summed E-state index contributed by atoms with van der Waals surface area (Å²) >= 11 is 1.06. The topological polar surface area (TPSA) is 227 Å². The molecule has 0 fully saturated rings. The summed E-state index contributed by atoms with van der Waals surface area (Å²) in [4.78, 5) is 108. The second-order valence-corrected chi connectivity index (χ2v) is 38.0. The summed E-state index contributed by atoms with van der Waals surface area (Å²) in [6.45, 7) is 9.64. The van der Waals surface area contributed by atoms with Gasteiger partial charge in [0, 0.05) is 45.0 Å². The fraction of sp³-hybridized carbons (Fsp3) is 0.552. The summed E-state index contributed by atoms with van der Waals surface area (Å²) < 4.78 is 34.4. The zero-order valence-corrected chi connectivity index (χ0v) is 83.1. The van der Waals surface area contributed by atoms with Gasteiger partial charge in [0.2, 0.25) is 0 Å². The number of aromatic nitrogens is 8. The second kappa shape index (κ2) is 58.1. The van der Waals surface area contributed by atoms with E-state index >= 15 is 19.2 Å². The van der Waals surface area contributed by atoms with Crippen LogP contribution in [0.1, 0.15) is 429 Å². The van der Waals surface area contributed by atoms with Crippen molar-refractivity contribution < 1.29 is 59.2 Å². The minimum atomic E-state index is -0.644. The van der Waals surface area contributed by atoms with Crippen molar-refractivity contribution in [2.45, 2.75) is 387 Å². The first kappa shape index (κ1) is 103. The van der Waals surface area contributed by atoms with Crippen LogP contribution < -0.4 is 4.98 Å². The Balaban J connectivity index is 0.00000803. The Hall–Kier alpha value is -9.58. The van der Waals surface area contributed by atoms with Gasteiger partial charge in [-0.25, -0.2) is 24.4 Å². The average molecular weight is 1850 g/mol. The molecule has 715 valence electrons. The van der Waals surface area contributed by atoms with E-state index in [2.05, 4.69) is 76.2 Å². The van der Waals surface area contributed by atoms with E-state index in [0.717, 1.165) is 116 Å². The van der Waals surface area contributed by atoms with Gasteiger partial charge in [0.25, 0.3) is 0 Å². The first-order chi connectivity index (χ1) is 66.2. The Morgan fingerprint density at radius 2 is 0.530 bits per heavy atom. The number of hydrogen-bond acceptors (Lipinski definition) is 16. The van der Waals surface area contributed by atoms with E-state index in [4.69, 9.17) is 62.5 Å². The molecule has 134 heavy (non-hydrogen) atoms. The number of benzene rings is 8. The maximum atomic E-state index is 16.1. The first-order valence-electron chi connectivity index (χ1n) is 53.0. The van der Waals surface area contributed by atoms with Crippen molar-refractivity contribution in [3.05, 3.63) is 144 Å². The molecule has 0 aliphatic carbocycles. The predicted molar refractivity (Wildman–Crippen MR) is 545 cm³/mol. The zero-order valence-electron chi connectivity index (χ0n) is 81.7. The number of carbonyl (C=O) groups excluding carboxylic acids is 4. The molecule has 13 rings (SSSR count). The molecule has 5 heterocycles. The van der Waals surface area contributed by atoms with Gasteiger partial charge in [0.15, 0.2) is 5.82 Å². The number of hydrogen-bond donors (Lipinski definition) is 0. The van der Waals surface area contributed by atoms with Gasteiger partial charge in [0.05, 0.1) is 60.5 Å². The molecule has 3 aliphatic rings. The fourth-order valence-corrected chi connectivity index (χ4v) is 19.9. The molecule has 0 saturated heterocycles. The molecular formula is C116H152N8O9V. The molecule has 0 atom stereocenters. The molecule has 0 radical (unpaired) electrons. The van der Waals surface area contributed by atoms with Gasteiger partial charge in [0.1, 0.15) is 5.82 Å². The standard InChI is InChI=1S/C116H152N8O8.O.V/c1-5-9-13-17-21-25-29-33-37-41-45-49-53-65-77-129-113(125)97-89-73-61-63-75-91(89)99(115(127)131-79-67-55-51-47-43-39-35-31-27-23-19-15-11-7-3)103-101(97)109-120-107-95-83-87-71-59-57-69-85(87)81-93(95)105(118-107)117-106-94-82-86-70-58-60-72-88(86)84-96(94)108(119-106)121-110-102-98(114(126)130-78-66-54-50-46-42-38-34-30-26-22-18-14-10-6-2)90-74-62-64-76-92(90)100(104(102)112(123-110)124-111(103)122-109)116(128)132-80-68-56-52-48-44-40-36-32-28-24-20-16-12-8-4;;/h57-64,69-76,81-84H,5-56,65-68,77-80H2,1-4H3;;/q-2;;+2. The van der Waals surface area contributed by atoms with E-state index in [1.54, 1.807) is 0 Å². The number of rotatable bonds is 64. The Kier molecular flexibility index (Phi) is 44.8. The number of nitrogens with zero attached hydrogens (tertiary/aromatic N) is 8. The number of unbranched alkanes of at least 4 members (excludes halogenated alkanes) is 52. The maximum absolute atomic E-state index is 16.1. The number of carbonyl (C=O) groups is 4. The molecule has 17 nitrogen and oxygen atoms in total. The van der Waals surface area contributed by atoms with E-state index in [9.17, 15) is 0 Å². The number of esters is 4. The van der Waals surface area contributed by atoms with E-state index < -0.39 is 23.9 Å². The fourth-order valence-electron chi connectivity index (χ4n) is 19.9. The summed E-state index contributed by atoms with van der Waals surface area (Å²) in [6, 6.07) is 39.3. The molecule has 0 amide bonds. The van der Waals surface area contributed by atoms with Crippen molar-refractivity contribution in [3.8, 4) is 68.3 Å². The van der Waals surface area contributed by atoms with Crippen LogP contribution in [0.2, 0.25) is 0 Å². The quantitative estimate of drug-likeness (QED) is 0.0149. The Morgan fingerprint density at radius 3 is 0.888 bits per heavy atom. The van der Waals surface area contributed by atoms with Crippen LogP contribution in [0.15, 0.2) is 121 Å². The average Bonchev–Trinajstić information content (AvgIpc) is 1.46. The van der Waals surface area contributed by atoms with Crippen LogP contribution in [0, 0.1) is 0 Å². The Bertz CT molecular complexity index is 5600. The number of ether oxygens (including phenoxy) is 4. The van der Waals surface area contributed by atoms with Gasteiger partial charge in [-0.2, -0.15) is 0 Å². The normalized spacial score (nSPS) is 11.8. The SMILES string of the molecule is CCCCCCCCCCCCCCCCOC(=O)c1c2c(c(C(=O)OCCCCCCCCCCCCCCCC)c3ccccc13)-c1nc-2nc2n[c-](nc3nc(nc4nc([n-]1)-c1cc5ccccc5cc1-4)-c1cc4ccccc4cc1-3)c1c(C(=O)OCCCCCCCCCCCCCCCC)c3ccccc3c(C(=O)OCCCCCCCCCCCCCCCC)c21.[O]=[V+2]. The third-order valence-electron chi connectivity index (χ3n) is 27.5. The molecule has 2 aromatic heterocycles.